The van der Waals surface area contributed by atoms with E-state index in [0.29, 0.717) is 6.42 Å². The molecule has 1 amide bonds. The van der Waals surface area contributed by atoms with E-state index in [9.17, 15) is 4.79 Å². The fourth-order valence-corrected chi connectivity index (χ4v) is 4.92. The normalized spacial score (nSPS) is 11.5. The number of nitrogens with zero attached hydrogens (tertiary/aromatic N) is 2. The van der Waals surface area contributed by atoms with E-state index >= 15 is 0 Å². The molecule has 0 spiro atoms. The number of nitrogens with one attached hydrogen (secondary N) is 2. The molecular weight excluding hydrogens is 404 g/mol. The molecule has 0 unspecified atom stereocenters. The Hall–Kier alpha value is -3.25. The van der Waals surface area contributed by atoms with Crippen molar-refractivity contribution in [3.05, 3.63) is 66.7 Å². The molecular formula is C25H24N4OS. The molecule has 0 aliphatic heterocycles. The maximum atomic E-state index is 12.5. The molecule has 2 N–H and O–H groups in total. The summed E-state index contributed by atoms with van der Waals surface area (Å²) in [6.07, 6.45) is 1.28. The summed E-state index contributed by atoms with van der Waals surface area (Å²) in [5.74, 6) is 0.889. The molecule has 0 radical (unpaired) electrons. The van der Waals surface area contributed by atoms with E-state index in [4.69, 9.17) is 0 Å². The van der Waals surface area contributed by atoms with Crippen molar-refractivity contribution >= 4 is 56.2 Å². The highest BCUT2D eigenvalue weighted by Gasteiger charge is 2.11. The SMILES string of the molecule is CCn1c2ccccc2c2cc(NC(=O)CCCSc3nc4ccccc4[nH]3)ccc21. The first-order valence-corrected chi connectivity index (χ1v) is 11.6. The zero-order chi connectivity index (χ0) is 21.2. The van der Waals surface area contributed by atoms with Crippen LogP contribution in [-0.4, -0.2) is 26.2 Å². The molecule has 0 bridgehead atoms. The highest BCUT2D eigenvalue weighted by atomic mass is 32.2. The first kappa shape index (κ1) is 19.7. The lowest BCUT2D eigenvalue weighted by Crippen LogP contribution is -2.11. The molecule has 0 aliphatic carbocycles. The van der Waals surface area contributed by atoms with Crippen LogP contribution >= 0.6 is 11.8 Å². The smallest absolute Gasteiger partial charge is 0.224 e. The van der Waals surface area contributed by atoms with Crippen LogP contribution in [0.3, 0.4) is 0 Å². The van der Waals surface area contributed by atoms with Crippen molar-refractivity contribution in [2.45, 2.75) is 31.5 Å². The third-order valence-electron chi connectivity index (χ3n) is 5.53. The van der Waals surface area contributed by atoms with Crippen molar-refractivity contribution in [3.8, 4) is 0 Å². The van der Waals surface area contributed by atoms with Crippen LogP contribution in [0.4, 0.5) is 5.69 Å². The van der Waals surface area contributed by atoms with Crippen LogP contribution in [0.2, 0.25) is 0 Å². The predicted octanol–water partition coefficient (Wildman–Crippen LogP) is 6.20. The zero-order valence-electron chi connectivity index (χ0n) is 17.4. The van der Waals surface area contributed by atoms with Gasteiger partial charge in [0.05, 0.1) is 11.0 Å². The summed E-state index contributed by atoms with van der Waals surface area (Å²) in [7, 11) is 0. The Kier molecular flexibility index (Phi) is 5.38. The van der Waals surface area contributed by atoms with Gasteiger partial charge >= 0.3 is 0 Å². The van der Waals surface area contributed by atoms with E-state index in [1.165, 1.54) is 21.8 Å². The van der Waals surface area contributed by atoms with Crippen molar-refractivity contribution in [2.75, 3.05) is 11.1 Å². The number of aromatic nitrogens is 3. The van der Waals surface area contributed by atoms with E-state index in [-0.39, 0.29) is 5.91 Å². The molecule has 0 saturated carbocycles. The number of para-hydroxylation sites is 3. The van der Waals surface area contributed by atoms with Gasteiger partial charge in [-0.15, -0.1) is 0 Å². The number of anilines is 1. The van der Waals surface area contributed by atoms with Crippen LogP contribution < -0.4 is 5.32 Å². The van der Waals surface area contributed by atoms with Gasteiger partial charge in [-0.05, 0) is 49.7 Å². The first-order chi connectivity index (χ1) is 15.2. The van der Waals surface area contributed by atoms with Crippen LogP contribution in [-0.2, 0) is 11.3 Å². The Labute approximate surface area is 184 Å². The van der Waals surface area contributed by atoms with E-state index in [1.54, 1.807) is 11.8 Å². The Balaban J connectivity index is 1.21. The van der Waals surface area contributed by atoms with Gasteiger partial charge in [0.2, 0.25) is 5.91 Å². The van der Waals surface area contributed by atoms with Gasteiger partial charge in [0, 0.05) is 46.2 Å². The van der Waals surface area contributed by atoms with E-state index in [1.807, 2.05) is 30.3 Å². The number of amides is 1. The molecule has 156 valence electrons. The summed E-state index contributed by atoms with van der Waals surface area (Å²) in [4.78, 5) is 20.4. The van der Waals surface area contributed by atoms with Crippen molar-refractivity contribution in [2.24, 2.45) is 0 Å². The van der Waals surface area contributed by atoms with Crippen LogP contribution in [0.5, 0.6) is 0 Å². The number of carbonyl (C=O) groups excluding carboxylic acids is 1. The van der Waals surface area contributed by atoms with Gasteiger partial charge in [0.25, 0.3) is 0 Å². The van der Waals surface area contributed by atoms with Crippen molar-refractivity contribution in [1.82, 2.24) is 14.5 Å². The number of hydrogen-bond acceptors (Lipinski definition) is 3. The molecule has 0 aliphatic rings. The van der Waals surface area contributed by atoms with Gasteiger partial charge in [-0.2, -0.15) is 0 Å². The van der Waals surface area contributed by atoms with Crippen molar-refractivity contribution < 1.29 is 4.79 Å². The summed E-state index contributed by atoms with van der Waals surface area (Å²) >= 11 is 1.65. The number of fused-ring (bicyclic) bond motifs is 4. The molecule has 2 heterocycles. The lowest BCUT2D eigenvalue weighted by Gasteiger charge is -2.07. The maximum Gasteiger partial charge on any atom is 0.224 e. The van der Waals surface area contributed by atoms with Gasteiger partial charge < -0.3 is 14.9 Å². The number of hydrogen-bond donors (Lipinski definition) is 2. The Morgan fingerprint density at radius 1 is 1.03 bits per heavy atom. The van der Waals surface area contributed by atoms with Crippen LogP contribution in [0.15, 0.2) is 71.9 Å². The molecule has 0 fully saturated rings. The first-order valence-electron chi connectivity index (χ1n) is 10.6. The van der Waals surface area contributed by atoms with Crippen LogP contribution in [0.1, 0.15) is 19.8 Å². The summed E-state index contributed by atoms with van der Waals surface area (Å²) in [5.41, 5.74) is 5.29. The number of imidazole rings is 1. The van der Waals surface area contributed by atoms with E-state index in [0.717, 1.165) is 40.6 Å². The minimum Gasteiger partial charge on any atom is -0.341 e. The number of benzene rings is 3. The third-order valence-corrected chi connectivity index (χ3v) is 6.49. The number of thioether (sulfide) groups is 1. The average Bonchev–Trinajstić information content (AvgIpc) is 3.35. The molecule has 5 nitrogen and oxygen atoms in total. The number of aromatic amines is 1. The number of aryl methyl sites for hydroxylation is 1. The molecule has 31 heavy (non-hydrogen) atoms. The highest BCUT2D eigenvalue weighted by molar-refractivity contribution is 7.99. The van der Waals surface area contributed by atoms with Crippen molar-refractivity contribution in [1.29, 1.82) is 0 Å². The van der Waals surface area contributed by atoms with Crippen molar-refractivity contribution in [3.63, 3.8) is 0 Å². The predicted molar refractivity (Wildman–Crippen MR) is 130 cm³/mol. The lowest BCUT2D eigenvalue weighted by atomic mass is 10.1. The molecule has 0 saturated heterocycles. The fourth-order valence-electron chi connectivity index (χ4n) is 4.09. The van der Waals surface area contributed by atoms with Gasteiger partial charge in [-0.1, -0.05) is 42.1 Å². The second kappa shape index (κ2) is 8.47. The maximum absolute atomic E-state index is 12.5. The standard InChI is InChI=1S/C25H24N4OS/c1-2-29-22-11-6-3-8-18(22)19-16-17(13-14-23(19)29)26-24(30)12-7-15-31-25-27-20-9-4-5-10-21(20)28-25/h3-6,8-11,13-14,16H,2,7,12,15H2,1H3,(H,26,30)(H,27,28). The highest BCUT2D eigenvalue weighted by Crippen LogP contribution is 2.31. The van der Waals surface area contributed by atoms with E-state index < -0.39 is 0 Å². The van der Waals surface area contributed by atoms with Gasteiger partial charge in [0.15, 0.2) is 5.16 Å². The zero-order valence-corrected chi connectivity index (χ0v) is 18.2. The number of rotatable bonds is 7. The Bertz CT molecular complexity index is 1350. The fraction of sp³-hybridized carbons (Fsp3) is 0.200. The Morgan fingerprint density at radius 3 is 2.71 bits per heavy atom. The molecule has 5 aromatic rings. The topological polar surface area (TPSA) is 62.7 Å². The summed E-state index contributed by atoms with van der Waals surface area (Å²) < 4.78 is 2.31. The minimum absolute atomic E-state index is 0.0452. The van der Waals surface area contributed by atoms with Crippen LogP contribution in [0.25, 0.3) is 32.8 Å². The second-order valence-corrected chi connectivity index (χ2v) is 8.64. The summed E-state index contributed by atoms with van der Waals surface area (Å²) in [6.45, 7) is 3.07. The molecule has 2 aromatic heterocycles. The Morgan fingerprint density at radius 2 is 1.84 bits per heavy atom. The third kappa shape index (κ3) is 3.91. The van der Waals surface area contributed by atoms with Gasteiger partial charge in [-0.3, -0.25) is 4.79 Å². The van der Waals surface area contributed by atoms with Gasteiger partial charge in [-0.25, -0.2) is 4.98 Å². The number of carbonyl (C=O) groups is 1. The minimum atomic E-state index is 0.0452. The summed E-state index contributed by atoms with van der Waals surface area (Å²) in [6, 6.07) is 22.6. The molecule has 6 heteroatoms. The largest absolute Gasteiger partial charge is 0.341 e. The summed E-state index contributed by atoms with van der Waals surface area (Å²) in [5, 5.41) is 6.36. The molecule has 3 aromatic carbocycles. The van der Waals surface area contributed by atoms with Gasteiger partial charge in [0.1, 0.15) is 0 Å². The number of H-pyrrole nitrogens is 1. The van der Waals surface area contributed by atoms with Crippen LogP contribution in [0, 0.1) is 0 Å². The molecule has 0 atom stereocenters. The lowest BCUT2D eigenvalue weighted by molar-refractivity contribution is -0.116. The monoisotopic (exact) mass is 428 g/mol. The van der Waals surface area contributed by atoms with E-state index in [2.05, 4.69) is 63.2 Å². The quantitative estimate of drug-likeness (QED) is 0.240. The average molecular weight is 429 g/mol. The molecule has 5 rings (SSSR count). The second-order valence-electron chi connectivity index (χ2n) is 7.55.